The lowest BCUT2D eigenvalue weighted by atomic mass is 10.1. The number of thiocarbonyl (C=S) groups is 1. The fraction of sp³-hybridized carbons (Fsp3) is 0.286. The molecule has 0 atom stereocenters. The van der Waals surface area contributed by atoms with Gasteiger partial charge in [0.15, 0.2) is 5.11 Å². The molecule has 1 aromatic rings. The van der Waals surface area contributed by atoms with Crippen LogP contribution < -0.4 is 4.90 Å². The van der Waals surface area contributed by atoms with Crippen LogP contribution in [0.4, 0.5) is 5.69 Å². The van der Waals surface area contributed by atoms with E-state index in [1.54, 1.807) is 23.9 Å². The van der Waals surface area contributed by atoms with Gasteiger partial charge in [-0.2, -0.15) is 0 Å². The molecule has 5 nitrogen and oxygen atoms in total. The molecule has 28 heavy (non-hydrogen) atoms. The summed E-state index contributed by atoms with van der Waals surface area (Å²) < 4.78 is 0. The first-order valence-corrected chi connectivity index (χ1v) is 10.6. The summed E-state index contributed by atoms with van der Waals surface area (Å²) in [5.41, 5.74) is 1.35. The lowest BCUT2D eigenvalue weighted by Crippen LogP contribution is -2.55. The van der Waals surface area contributed by atoms with Crippen LogP contribution in [0.5, 0.6) is 0 Å². The maximum atomic E-state index is 12.6. The number of nitrogens with zero attached hydrogens (tertiary/aromatic N) is 3. The second kappa shape index (κ2) is 8.75. The first kappa shape index (κ1) is 20.4. The van der Waals surface area contributed by atoms with Crippen molar-refractivity contribution in [3.8, 4) is 0 Å². The molecule has 2 heterocycles. The van der Waals surface area contributed by atoms with Crippen molar-refractivity contribution >= 4 is 46.6 Å². The highest BCUT2D eigenvalue weighted by Crippen LogP contribution is 2.45. The van der Waals surface area contributed by atoms with Crippen LogP contribution in [0, 0.1) is 0 Å². The van der Waals surface area contributed by atoms with Crippen LogP contribution in [0.15, 0.2) is 64.1 Å². The van der Waals surface area contributed by atoms with Crippen molar-refractivity contribution in [2.75, 3.05) is 24.5 Å². The average molecular weight is 414 g/mol. The number of likely N-dealkylation sites (N-methyl/N-ethyl adjacent to an activating group) is 2. The van der Waals surface area contributed by atoms with Gasteiger partial charge in [-0.25, -0.2) is 0 Å². The van der Waals surface area contributed by atoms with Gasteiger partial charge in [0.05, 0.1) is 10.7 Å². The van der Waals surface area contributed by atoms with Gasteiger partial charge in [0.1, 0.15) is 5.57 Å². The molecule has 1 fully saturated rings. The minimum atomic E-state index is -0.336. The molecule has 0 unspecified atom stereocenters. The molecule has 1 saturated heterocycles. The highest BCUT2D eigenvalue weighted by atomic mass is 32.2. The van der Waals surface area contributed by atoms with E-state index in [0.717, 1.165) is 11.6 Å². The predicted octanol–water partition coefficient (Wildman–Crippen LogP) is 3.94. The Kier molecular flexibility index (Phi) is 6.36. The van der Waals surface area contributed by atoms with Gasteiger partial charge in [0.2, 0.25) is 0 Å². The monoisotopic (exact) mass is 413 g/mol. The zero-order valence-electron chi connectivity index (χ0n) is 16.2. The second-order valence-electron chi connectivity index (χ2n) is 6.17. The number of rotatable bonds is 5. The molecule has 0 aliphatic carbocycles. The molecule has 2 aliphatic heterocycles. The number of para-hydroxylation sites is 1. The van der Waals surface area contributed by atoms with Gasteiger partial charge in [0, 0.05) is 24.5 Å². The average Bonchev–Trinajstić information content (AvgIpc) is 3.05. The number of carbonyl (C=O) groups is 2. The number of fused-ring (bicyclic) bond motifs is 1. The molecular formula is C21H23N3O2S2. The maximum Gasteiger partial charge on any atom is 0.265 e. The van der Waals surface area contributed by atoms with Crippen LogP contribution in [0.2, 0.25) is 0 Å². The van der Waals surface area contributed by atoms with Gasteiger partial charge >= 0.3 is 0 Å². The Morgan fingerprint density at radius 3 is 2.07 bits per heavy atom. The Bertz CT molecular complexity index is 877. The van der Waals surface area contributed by atoms with E-state index >= 15 is 0 Å². The Morgan fingerprint density at radius 1 is 0.893 bits per heavy atom. The Labute approximate surface area is 175 Å². The molecule has 2 amide bonds. The smallest absolute Gasteiger partial charge is 0.265 e. The van der Waals surface area contributed by atoms with Gasteiger partial charge in [-0.1, -0.05) is 36.0 Å². The quantitative estimate of drug-likeness (QED) is 0.416. The van der Waals surface area contributed by atoms with Crippen LogP contribution in [-0.4, -0.2) is 46.4 Å². The normalized spacial score (nSPS) is 18.7. The Hall–Kier alpha value is -2.38. The van der Waals surface area contributed by atoms with Crippen LogP contribution in [0.1, 0.15) is 20.8 Å². The molecular weight excluding hydrogens is 390 g/mol. The van der Waals surface area contributed by atoms with Crippen molar-refractivity contribution in [2.45, 2.75) is 25.7 Å². The summed E-state index contributed by atoms with van der Waals surface area (Å²) in [5.74, 6) is -0.672. The first-order chi connectivity index (χ1) is 13.5. The number of thioether (sulfide) groups is 1. The number of anilines is 1. The van der Waals surface area contributed by atoms with E-state index in [1.165, 1.54) is 20.4 Å². The lowest BCUT2D eigenvalue weighted by Gasteiger charge is -2.35. The van der Waals surface area contributed by atoms with Crippen LogP contribution in [-0.2, 0) is 9.59 Å². The summed E-state index contributed by atoms with van der Waals surface area (Å²) in [6.07, 6.45) is 7.19. The van der Waals surface area contributed by atoms with E-state index < -0.39 is 0 Å². The van der Waals surface area contributed by atoms with Gasteiger partial charge in [-0.15, -0.1) is 0 Å². The maximum absolute atomic E-state index is 12.6. The SMILES string of the molecule is CCN1C(=O)C(=CC=CC=C2Sc3ccccc3N2CC)C(=O)N(CC)C1=S. The van der Waals surface area contributed by atoms with E-state index in [-0.39, 0.29) is 22.5 Å². The van der Waals surface area contributed by atoms with Crippen molar-refractivity contribution in [2.24, 2.45) is 0 Å². The summed E-state index contributed by atoms with van der Waals surface area (Å²) in [6.45, 7) is 7.55. The zero-order valence-corrected chi connectivity index (χ0v) is 17.8. The molecule has 0 spiro atoms. The fourth-order valence-electron chi connectivity index (χ4n) is 3.19. The summed E-state index contributed by atoms with van der Waals surface area (Å²) in [4.78, 5) is 31.6. The van der Waals surface area contributed by atoms with Crippen LogP contribution >= 0.6 is 24.0 Å². The highest BCUT2D eigenvalue weighted by molar-refractivity contribution is 8.03. The van der Waals surface area contributed by atoms with Crippen molar-refractivity contribution in [1.82, 2.24) is 9.80 Å². The molecule has 0 aromatic heterocycles. The molecule has 0 N–H and O–H groups in total. The first-order valence-electron chi connectivity index (χ1n) is 9.34. The molecule has 7 heteroatoms. The third-order valence-electron chi connectivity index (χ3n) is 4.61. The Morgan fingerprint density at radius 2 is 1.46 bits per heavy atom. The van der Waals surface area contributed by atoms with E-state index in [1.807, 2.05) is 38.1 Å². The molecule has 0 bridgehead atoms. The predicted molar refractivity (Wildman–Crippen MR) is 118 cm³/mol. The third kappa shape index (κ3) is 3.64. The highest BCUT2D eigenvalue weighted by Gasteiger charge is 2.37. The minimum absolute atomic E-state index is 0.140. The minimum Gasteiger partial charge on any atom is -0.335 e. The van der Waals surface area contributed by atoms with E-state index in [2.05, 4.69) is 24.0 Å². The topological polar surface area (TPSA) is 43.9 Å². The van der Waals surface area contributed by atoms with E-state index in [9.17, 15) is 9.59 Å². The number of hydrogen-bond acceptors (Lipinski definition) is 5. The molecule has 2 aliphatic rings. The molecule has 3 rings (SSSR count). The van der Waals surface area contributed by atoms with Gasteiger partial charge in [-0.3, -0.25) is 19.4 Å². The Balaban J connectivity index is 1.82. The summed E-state index contributed by atoms with van der Waals surface area (Å²) in [5, 5.41) is 1.40. The molecule has 0 radical (unpaired) electrons. The van der Waals surface area contributed by atoms with Gasteiger partial charge in [0.25, 0.3) is 11.8 Å². The molecule has 1 aromatic carbocycles. The summed E-state index contributed by atoms with van der Waals surface area (Å²) in [7, 11) is 0. The summed E-state index contributed by atoms with van der Waals surface area (Å²) in [6, 6.07) is 8.29. The number of amides is 2. The van der Waals surface area contributed by atoms with E-state index in [4.69, 9.17) is 12.2 Å². The van der Waals surface area contributed by atoms with E-state index in [0.29, 0.717) is 13.1 Å². The number of hydrogen-bond donors (Lipinski definition) is 0. The lowest BCUT2D eigenvalue weighted by molar-refractivity contribution is -0.133. The van der Waals surface area contributed by atoms with Crippen molar-refractivity contribution in [3.63, 3.8) is 0 Å². The standard InChI is InChI=1S/C21H23N3O2S2/c1-4-22-16-12-8-9-13-17(16)28-18(22)14-10-7-11-15-19(25)23(5-2)21(27)24(6-3)20(15)26/h7-14H,4-6H2,1-3H3. The van der Waals surface area contributed by atoms with Crippen molar-refractivity contribution in [3.05, 3.63) is 59.2 Å². The third-order valence-corrected chi connectivity index (χ3v) is 6.18. The number of benzene rings is 1. The van der Waals surface area contributed by atoms with Crippen LogP contribution in [0.25, 0.3) is 0 Å². The fourth-order valence-corrected chi connectivity index (χ4v) is 4.76. The molecule has 146 valence electrons. The van der Waals surface area contributed by atoms with Gasteiger partial charge < -0.3 is 4.90 Å². The van der Waals surface area contributed by atoms with Crippen molar-refractivity contribution in [1.29, 1.82) is 0 Å². The zero-order chi connectivity index (χ0) is 20.3. The van der Waals surface area contributed by atoms with Gasteiger partial charge in [-0.05, 0) is 57.3 Å². The van der Waals surface area contributed by atoms with Crippen LogP contribution in [0.3, 0.4) is 0 Å². The largest absolute Gasteiger partial charge is 0.335 e. The second-order valence-corrected chi connectivity index (χ2v) is 7.59. The molecule has 0 saturated carbocycles. The van der Waals surface area contributed by atoms with Crippen molar-refractivity contribution < 1.29 is 9.59 Å². The summed E-state index contributed by atoms with van der Waals surface area (Å²) >= 11 is 6.98. The number of allylic oxidation sites excluding steroid dienone is 4. The number of carbonyl (C=O) groups excluding carboxylic acids is 2.